The molecule has 0 atom stereocenters. The maximum Gasteiger partial charge on any atom is 0.226 e. The Bertz CT molecular complexity index is 772. The predicted octanol–water partition coefficient (Wildman–Crippen LogP) is 3.40. The number of anilines is 3. The van der Waals surface area contributed by atoms with Crippen LogP contribution in [0.1, 0.15) is 0 Å². The Labute approximate surface area is 133 Å². The summed E-state index contributed by atoms with van der Waals surface area (Å²) in [6, 6.07) is 5.62. The summed E-state index contributed by atoms with van der Waals surface area (Å²) in [5.41, 5.74) is 2.29. The third-order valence-electron chi connectivity index (χ3n) is 2.69. The van der Waals surface area contributed by atoms with Crippen LogP contribution >= 0.6 is 34.2 Å². The van der Waals surface area contributed by atoms with Gasteiger partial charge in [-0.25, -0.2) is 4.98 Å². The van der Waals surface area contributed by atoms with Crippen molar-refractivity contribution < 1.29 is 0 Å². The van der Waals surface area contributed by atoms with E-state index < -0.39 is 0 Å². The van der Waals surface area contributed by atoms with Crippen molar-refractivity contribution in [3.8, 4) is 0 Å². The summed E-state index contributed by atoms with van der Waals surface area (Å²) in [7, 11) is 1.77. The number of fused-ring (bicyclic) bond motifs is 1. The quantitative estimate of drug-likeness (QED) is 0.587. The van der Waals surface area contributed by atoms with Crippen molar-refractivity contribution in [1.29, 1.82) is 0 Å². The fourth-order valence-corrected chi connectivity index (χ4v) is 2.76. The van der Waals surface area contributed by atoms with E-state index >= 15 is 0 Å². The monoisotopic (exact) mass is 400 g/mol. The summed E-state index contributed by atoms with van der Waals surface area (Å²) in [4.78, 5) is 15.9. The van der Waals surface area contributed by atoms with Gasteiger partial charge < -0.3 is 15.6 Å². The second-order valence-electron chi connectivity index (χ2n) is 4.00. The zero-order chi connectivity index (χ0) is 14.1. The van der Waals surface area contributed by atoms with Crippen molar-refractivity contribution in [2.45, 2.75) is 0 Å². The maximum atomic E-state index is 5.96. The highest BCUT2D eigenvalue weighted by Crippen LogP contribution is 2.27. The van der Waals surface area contributed by atoms with Gasteiger partial charge >= 0.3 is 0 Å². The lowest BCUT2D eigenvalue weighted by atomic mass is 10.3. The molecule has 102 valence electrons. The molecule has 0 unspecified atom stereocenters. The molecule has 0 aliphatic carbocycles. The molecular weight excluding hydrogens is 391 g/mol. The van der Waals surface area contributed by atoms with Gasteiger partial charge in [0, 0.05) is 15.6 Å². The average Bonchev–Trinajstić information content (AvgIpc) is 2.90. The van der Waals surface area contributed by atoms with Crippen LogP contribution in [-0.4, -0.2) is 27.0 Å². The van der Waals surface area contributed by atoms with Gasteiger partial charge in [0.05, 0.1) is 12.0 Å². The molecule has 20 heavy (non-hydrogen) atoms. The first-order valence-corrected chi connectivity index (χ1v) is 7.24. The highest BCUT2D eigenvalue weighted by atomic mass is 127. The van der Waals surface area contributed by atoms with Crippen molar-refractivity contribution in [2.24, 2.45) is 0 Å². The van der Waals surface area contributed by atoms with E-state index in [4.69, 9.17) is 11.6 Å². The first-order valence-electron chi connectivity index (χ1n) is 5.78. The van der Waals surface area contributed by atoms with Crippen LogP contribution in [0.25, 0.3) is 11.2 Å². The molecule has 0 aliphatic rings. The number of aromatic nitrogens is 4. The minimum absolute atomic E-state index is 0.510. The Hall–Kier alpha value is -1.61. The number of H-pyrrole nitrogens is 1. The van der Waals surface area contributed by atoms with Crippen molar-refractivity contribution in [3.05, 3.63) is 33.1 Å². The van der Waals surface area contributed by atoms with E-state index in [2.05, 4.69) is 53.2 Å². The van der Waals surface area contributed by atoms with Crippen LogP contribution in [0.4, 0.5) is 17.5 Å². The van der Waals surface area contributed by atoms with E-state index in [0.29, 0.717) is 22.4 Å². The number of hydrogen-bond acceptors (Lipinski definition) is 5. The lowest BCUT2D eigenvalue weighted by Gasteiger charge is -2.10. The summed E-state index contributed by atoms with van der Waals surface area (Å²) in [5, 5.41) is 6.89. The Balaban J connectivity index is 2.07. The fourth-order valence-electron chi connectivity index (χ4n) is 1.75. The van der Waals surface area contributed by atoms with E-state index in [0.717, 1.165) is 14.8 Å². The number of imidazole rings is 1. The molecule has 1 aromatic carbocycles. The summed E-state index contributed by atoms with van der Waals surface area (Å²) >= 11 is 8.18. The third-order valence-corrected chi connectivity index (χ3v) is 3.82. The zero-order valence-electron chi connectivity index (χ0n) is 10.4. The lowest BCUT2D eigenvalue weighted by molar-refractivity contribution is 1.18. The highest BCUT2D eigenvalue weighted by Gasteiger charge is 2.11. The van der Waals surface area contributed by atoms with Crippen LogP contribution in [0.15, 0.2) is 24.5 Å². The van der Waals surface area contributed by atoms with Gasteiger partial charge in [-0.3, -0.25) is 0 Å². The van der Waals surface area contributed by atoms with Crippen LogP contribution in [-0.2, 0) is 0 Å². The molecule has 2 heterocycles. The second-order valence-corrected chi connectivity index (χ2v) is 5.59. The molecule has 0 saturated heterocycles. The standard InChI is InChI=1S/C12H10ClIN6/c1-15-12-19-10-9(16-5-17-10)11(20-12)18-8-3-2-6(13)4-7(8)14/h2-5H,1H3,(H3,15,16,17,18,19,20). The molecule has 0 saturated carbocycles. The minimum atomic E-state index is 0.510. The minimum Gasteiger partial charge on any atom is -0.357 e. The molecule has 3 aromatic rings. The number of hydrogen-bond donors (Lipinski definition) is 3. The number of nitrogens with zero attached hydrogens (tertiary/aromatic N) is 3. The van der Waals surface area contributed by atoms with Gasteiger partial charge in [-0.05, 0) is 40.8 Å². The molecule has 0 bridgehead atoms. The summed E-state index contributed by atoms with van der Waals surface area (Å²) in [6.07, 6.45) is 1.59. The summed E-state index contributed by atoms with van der Waals surface area (Å²) in [5.74, 6) is 1.17. The van der Waals surface area contributed by atoms with Crippen LogP contribution < -0.4 is 10.6 Å². The van der Waals surface area contributed by atoms with Gasteiger partial charge in [-0.2, -0.15) is 9.97 Å². The van der Waals surface area contributed by atoms with Gasteiger partial charge in [0.25, 0.3) is 0 Å². The number of aromatic amines is 1. The number of rotatable bonds is 3. The largest absolute Gasteiger partial charge is 0.357 e. The Morgan fingerprint density at radius 3 is 2.90 bits per heavy atom. The molecule has 0 spiro atoms. The number of nitrogens with one attached hydrogen (secondary N) is 3. The second kappa shape index (κ2) is 5.41. The van der Waals surface area contributed by atoms with Crippen LogP contribution in [0.5, 0.6) is 0 Å². The van der Waals surface area contributed by atoms with E-state index in [1.54, 1.807) is 13.4 Å². The van der Waals surface area contributed by atoms with Crippen LogP contribution in [0, 0.1) is 3.57 Å². The molecule has 0 aliphatic heterocycles. The lowest BCUT2D eigenvalue weighted by Crippen LogP contribution is -2.02. The molecule has 8 heteroatoms. The Morgan fingerprint density at radius 2 is 2.15 bits per heavy atom. The van der Waals surface area contributed by atoms with Crippen LogP contribution in [0.2, 0.25) is 5.02 Å². The molecule has 2 aromatic heterocycles. The molecular formula is C12H10ClIN6. The first-order chi connectivity index (χ1) is 9.67. The summed E-state index contributed by atoms with van der Waals surface area (Å²) < 4.78 is 1.01. The van der Waals surface area contributed by atoms with Gasteiger partial charge in [-0.15, -0.1) is 0 Å². The number of benzene rings is 1. The van der Waals surface area contributed by atoms with E-state index in [1.807, 2.05) is 18.2 Å². The smallest absolute Gasteiger partial charge is 0.226 e. The van der Waals surface area contributed by atoms with Crippen LogP contribution in [0.3, 0.4) is 0 Å². The van der Waals surface area contributed by atoms with Gasteiger partial charge in [0.1, 0.15) is 5.52 Å². The molecule has 0 fully saturated rings. The van der Waals surface area contributed by atoms with Gasteiger partial charge in [-0.1, -0.05) is 11.6 Å². The summed E-state index contributed by atoms with van der Waals surface area (Å²) in [6.45, 7) is 0. The highest BCUT2D eigenvalue weighted by molar-refractivity contribution is 14.1. The van der Waals surface area contributed by atoms with E-state index in [-0.39, 0.29) is 0 Å². The average molecular weight is 401 g/mol. The topological polar surface area (TPSA) is 78.5 Å². The predicted molar refractivity (Wildman–Crippen MR) is 88.7 cm³/mol. The molecule has 6 nitrogen and oxygen atoms in total. The SMILES string of the molecule is CNc1nc(Nc2ccc(Cl)cc2I)c2[nH]cnc2n1. The fraction of sp³-hybridized carbons (Fsp3) is 0.0833. The molecule has 3 N–H and O–H groups in total. The van der Waals surface area contributed by atoms with Gasteiger partial charge in [0.15, 0.2) is 11.5 Å². The van der Waals surface area contributed by atoms with Crippen molar-refractivity contribution in [1.82, 2.24) is 19.9 Å². The Morgan fingerprint density at radius 1 is 1.30 bits per heavy atom. The zero-order valence-corrected chi connectivity index (χ0v) is 13.3. The maximum absolute atomic E-state index is 5.96. The third kappa shape index (κ3) is 2.50. The van der Waals surface area contributed by atoms with E-state index in [9.17, 15) is 0 Å². The molecule has 0 radical (unpaired) electrons. The molecule has 3 rings (SSSR count). The molecule has 0 amide bonds. The van der Waals surface area contributed by atoms with Crippen molar-refractivity contribution in [2.75, 3.05) is 17.7 Å². The number of halogens is 2. The first kappa shape index (κ1) is 13.4. The van der Waals surface area contributed by atoms with Crippen molar-refractivity contribution in [3.63, 3.8) is 0 Å². The van der Waals surface area contributed by atoms with Gasteiger partial charge in [0.2, 0.25) is 5.95 Å². The normalized spacial score (nSPS) is 10.8. The van der Waals surface area contributed by atoms with E-state index in [1.165, 1.54) is 0 Å². The Kier molecular flexibility index (Phi) is 3.62. The van der Waals surface area contributed by atoms with Crippen molar-refractivity contribution >= 4 is 62.8 Å².